The number of benzene rings is 6. The van der Waals surface area contributed by atoms with E-state index in [-0.39, 0.29) is 56.1 Å². The van der Waals surface area contributed by atoms with E-state index in [1.807, 2.05) is 6.08 Å². The van der Waals surface area contributed by atoms with Crippen LogP contribution >= 0.6 is 11.3 Å². The van der Waals surface area contributed by atoms with Crippen molar-refractivity contribution in [2.75, 3.05) is 14.7 Å². The topological polar surface area (TPSA) is 9.72 Å². The van der Waals surface area contributed by atoms with Gasteiger partial charge in [0.05, 0.1) is 23.1 Å². The fourth-order valence-electron chi connectivity index (χ4n) is 17.9. The summed E-state index contributed by atoms with van der Waals surface area (Å²) in [5.74, 6) is 0. The van der Waals surface area contributed by atoms with Crippen LogP contribution in [0.5, 0.6) is 0 Å². The average Bonchev–Trinajstić information content (AvgIpc) is 1.66. The summed E-state index contributed by atoms with van der Waals surface area (Å²) in [6.07, 6.45) is 20.8. The third-order valence-electron chi connectivity index (χ3n) is 23.6. The fourth-order valence-corrected chi connectivity index (χ4v) is 19.3. The number of allylic oxidation sites excluding steroid dienone is 5. The minimum absolute atomic E-state index is 0.000825. The third kappa shape index (κ3) is 8.06. The molecule has 8 aliphatic rings. The average molecular weight is 1160 g/mol. The van der Waals surface area contributed by atoms with E-state index in [2.05, 4.69) is 296 Å². The summed E-state index contributed by atoms with van der Waals surface area (Å²) < 4.78 is 2.85. The van der Waals surface area contributed by atoms with Crippen LogP contribution in [0.3, 0.4) is 0 Å². The van der Waals surface area contributed by atoms with E-state index in [0.717, 1.165) is 42.8 Å². The van der Waals surface area contributed by atoms with Crippen LogP contribution in [-0.2, 0) is 48.7 Å². The summed E-state index contributed by atoms with van der Waals surface area (Å²) in [4.78, 5) is 8.16. The number of nitrogens with zero attached hydrogens (tertiary/aromatic N) is 3. The van der Waals surface area contributed by atoms with Crippen molar-refractivity contribution in [2.24, 2.45) is 0 Å². The molecule has 3 nitrogen and oxygen atoms in total. The molecule has 87 heavy (non-hydrogen) atoms. The summed E-state index contributed by atoms with van der Waals surface area (Å²) >= 11 is 2.09. The minimum Gasteiger partial charge on any atom is -0.334 e. The second-order valence-corrected chi connectivity index (χ2v) is 34.4. The lowest BCUT2D eigenvalue weighted by molar-refractivity contribution is 0.332. The SMILES string of the molecule is CC(C)(C)c1ccc2c(c1)C(C)(C)C1=CC=CC(N3c4cc5c(cc4B4c6sc7cc8c(cc7c6N(c6ccc7c(c6)C(C)(C)CCC7(C)C)c6cc(N(C7=C=C=CC=C7)c7ccccc7)cc3c64)C(C)(C)CCC8(C)C)C(C)(C)CCC5(C)C)C12C. The second kappa shape index (κ2) is 18.2. The molecule has 2 atom stereocenters. The van der Waals surface area contributed by atoms with Gasteiger partial charge in [-0.3, -0.25) is 0 Å². The second-order valence-electron chi connectivity index (χ2n) is 33.3. The van der Waals surface area contributed by atoms with Crippen LogP contribution in [0.4, 0.5) is 39.8 Å². The van der Waals surface area contributed by atoms with Crippen LogP contribution in [-0.4, -0.2) is 12.8 Å². The molecule has 2 aliphatic heterocycles. The van der Waals surface area contributed by atoms with E-state index < -0.39 is 5.41 Å². The van der Waals surface area contributed by atoms with Gasteiger partial charge in [0.2, 0.25) is 0 Å². The monoisotopic (exact) mass is 1160 g/mol. The molecule has 5 heteroatoms. The van der Waals surface area contributed by atoms with Gasteiger partial charge in [-0.15, -0.1) is 11.3 Å². The molecule has 0 N–H and O–H groups in total. The van der Waals surface area contributed by atoms with Crippen molar-refractivity contribution in [3.63, 3.8) is 0 Å². The van der Waals surface area contributed by atoms with Crippen LogP contribution in [0.1, 0.15) is 213 Å². The summed E-state index contributed by atoms with van der Waals surface area (Å²) in [5, 5.41) is 1.38. The van der Waals surface area contributed by atoms with Crippen LogP contribution < -0.4 is 30.4 Å². The first kappa shape index (κ1) is 56.8. The zero-order valence-corrected chi connectivity index (χ0v) is 56.2. The first-order valence-electron chi connectivity index (χ1n) is 32.9. The molecular weight excluding hydrogens is 1070 g/mol. The zero-order chi connectivity index (χ0) is 61.3. The molecule has 6 aromatic carbocycles. The smallest absolute Gasteiger partial charge is 0.264 e. The molecule has 442 valence electrons. The van der Waals surface area contributed by atoms with Crippen LogP contribution in [0.25, 0.3) is 10.1 Å². The quantitative estimate of drug-likeness (QED) is 0.126. The molecule has 7 aromatic rings. The fraction of sp³-hybridized carbons (Fsp3) is 0.415. The van der Waals surface area contributed by atoms with E-state index in [9.17, 15) is 0 Å². The number of hydrogen-bond acceptors (Lipinski definition) is 4. The molecule has 0 bridgehead atoms. The highest BCUT2D eigenvalue weighted by Crippen LogP contribution is 2.62. The number of thiophene rings is 1. The molecule has 0 saturated carbocycles. The number of para-hydroxylation sites is 1. The van der Waals surface area contributed by atoms with Gasteiger partial charge in [0.25, 0.3) is 6.71 Å². The minimum atomic E-state index is -0.393. The van der Waals surface area contributed by atoms with Gasteiger partial charge in [0, 0.05) is 54.1 Å². The standard InChI is InChI=1S/C82H90BN3S/c1-74(2,3)50-32-34-57-63(42-50)81(16,17)69-30-25-31-70(82(57,69)18)86-65-48-61-60(78(10,11)39-40-79(61,12)13)47-64(65)83-71-66(44-54(45-67(71)86)84(51-26-21-19-22-27-51)52-28-23-20-24-29-52)85(53-33-35-56-58(43-53)76(6,7)37-36-75(56,4)5)72-55-46-59-62(49-68(55)87-73(72)83)80(14,15)41-38-77(59,8)9/h19-23,25-28,30-35,42-49,70H,36-41H2,1-18H3. The predicted molar refractivity (Wildman–Crippen MR) is 375 cm³/mol. The Hall–Kier alpha value is -6.74. The Balaban J connectivity index is 1.12. The third-order valence-corrected chi connectivity index (χ3v) is 24.9. The lowest BCUT2D eigenvalue weighted by Gasteiger charge is -2.52. The van der Waals surface area contributed by atoms with E-state index in [1.165, 1.54) is 123 Å². The highest BCUT2D eigenvalue weighted by Gasteiger charge is 2.58. The van der Waals surface area contributed by atoms with Crippen molar-refractivity contribution in [2.45, 2.75) is 218 Å². The molecule has 0 amide bonds. The molecule has 15 rings (SSSR count). The van der Waals surface area contributed by atoms with E-state index in [1.54, 1.807) is 0 Å². The lowest BCUT2D eigenvalue weighted by atomic mass is 9.35. The first-order valence-corrected chi connectivity index (χ1v) is 33.7. The zero-order valence-electron chi connectivity index (χ0n) is 55.4. The van der Waals surface area contributed by atoms with Gasteiger partial charge in [0.1, 0.15) is 0 Å². The molecule has 0 saturated heterocycles. The van der Waals surface area contributed by atoms with Gasteiger partial charge < -0.3 is 14.7 Å². The maximum absolute atomic E-state index is 3.65. The Labute approximate surface area is 525 Å². The van der Waals surface area contributed by atoms with Crippen LogP contribution in [0.15, 0.2) is 162 Å². The van der Waals surface area contributed by atoms with Crippen molar-refractivity contribution in [3.05, 3.63) is 212 Å². The van der Waals surface area contributed by atoms with Crippen molar-refractivity contribution in [3.8, 4) is 0 Å². The number of hydrogen-bond donors (Lipinski definition) is 0. The molecule has 3 heterocycles. The number of fused-ring (bicyclic) bond motifs is 12. The normalized spacial score (nSPS) is 23.6. The number of anilines is 7. The summed E-state index contributed by atoms with van der Waals surface area (Å²) in [6.45, 7) is 44.7. The highest BCUT2D eigenvalue weighted by atomic mass is 32.1. The number of rotatable bonds is 5. The first-order chi connectivity index (χ1) is 40.8. The Morgan fingerprint density at radius 1 is 0.552 bits per heavy atom. The van der Waals surface area contributed by atoms with Gasteiger partial charge in [-0.25, -0.2) is 0 Å². The Bertz CT molecular complexity index is 4370. The van der Waals surface area contributed by atoms with Crippen molar-refractivity contribution >= 4 is 83.6 Å². The Morgan fingerprint density at radius 3 is 1.77 bits per heavy atom. The van der Waals surface area contributed by atoms with Gasteiger partial charge in [-0.2, -0.15) is 0 Å². The van der Waals surface area contributed by atoms with Gasteiger partial charge in [-0.05, 0) is 222 Å². The Morgan fingerprint density at radius 2 is 1.14 bits per heavy atom. The lowest BCUT2D eigenvalue weighted by Crippen LogP contribution is -2.64. The predicted octanol–water partition coefficient (Wildman–Crippen LogP) is 20.0. The highest BCUT2D eigenvalue weighted by molar-refractivity contribution is 7.33. The Kier molecular flexibility index (Phi) is 11.9. The van der Waals surface area contributed by atoms with Crippen molar-refractivity contribution in [1.82, 2.24) is 0 Å². The summed E-state index contributed by atoms with van der Waals surface area (Å²) in [7, 11) is 0. The molecule has 6 aliphatic carbocycles. The maximum atomic E-state index is 3.65. The maximum Gasteiger partial charge on any atom is 0.264 e. The molecule has 1 aromatic heterocycles. The van der Waals surface area contributed by atoms with E-state index in [4.69, 9.17) is 0 Å². The van der Waals surface area contributed by atoms with Crippen LogP contribution in [0.2, 0.25) is 0 Å². The van der Waals surface area contributed by atoms with Gasteiger partial charge in [0.15, 0.2) is 0 Å². The molecule has 2 unspecified atom stereocenters. The van der Waals surface area contributed by atoms with Gasteiger partial charge >= 0.3 is 0 Å². The summed E-state index contributed by atoms with van der Waals surface area (Å²) in [6, 6.07) is 42.3. The van der Waals surface area contributed by atoms with E-state index in [0.29, 0.717) is 0 Å². The summed E-state index contributed by atoms with van der Waals surface area (Å²) in [5.41, 5.74) is 33.8. The van der Waals surface area contributed by atoms with Crippen molar-refractivity contribution < 1.29 is 0 Å². The largest absolute Gasteiger partial charge is 0.334 e. The molecule has 0 spiro atoms. The van der Waals surface area contributed by atoms with Crippen LogP contribution in [0, 0.1) is 0 Å². The van der Waals surface area contributed by atoms with E-state index >= 15 is 0 Å². The molecule has 0 radical (unpaired) electrons. The van der Waals surface area contributed by atoms with Gasteiger partial charge in [-0.1, -0.05) is 196 Å². The molecule has 0 fully saturated rings. The molecular formula is C82H90BN3S. The van der Waals surface area contributed by atoms with Crippen molar-refractivity contribution in [1.29, 1.82) is 0 Å².